The van der Waals surface area contributed by atoms with Gasteiger partial charge in [-0.3, -0.25) is 9.59 Å². The van der Waals surface area contributed by atoms with Gasteiger partial charge in [-0.2, -0.15) is 0 Å². The number of nitrogens with one attached hydrogen (secondary N) is 2. The van der Waals surface area contributed by atoms with Crippen LogP contribution in [-0.2, 0) is 17.6 Å². The standard InChI is InChI=1S/C21H27N3O2S/c1-13(2)12-17(22-19(25)15-9-5-4-8-14(15)3)20(26)24-21-23-16-10-6-7-11-18(16)27-21/h4-5,8-9,13,17H,6-7,10-12H2,1-3H3,(H,22,25)(H,23,24,26). The van der Waals surface area contributed by atoms with Gasteiger partial charge in [0.05, 0.1) is 5.69 Å². The van der Waals surface area contributed by atoms with Crippen molar-refractivity contribution in [3.8, 4) is 0 Å². The van der Waals surface area contributed by atoms with Crippen molar-refractivity contribution in [3.05, 3.63) is 46.0 Å². The number of anilines is 1. The molecular weight excluding hydrogens is 358 g/mol. The van der Waals surface area contributed by atoms with Gasteiger partial charge in [-0.1, -0.05) is 32.0 Å². The predicted molar refractivity (Wildman–Crippen MR) is 109 cm³/mol. The number of nitrogens with zero attached hydrogens (tertiary/aromatic N) is 1. The number of fused-ring (bicyclic) bond motifs is 1. The molecule has 2 aromatic rings. The summed E-state index contributed by atoms with van der Waals surface area (Å²) < 4.78 is 0. The first-order chi connectivity index (χ1) is 12.9. The average Bonchev–Trinajstić information content (AvgIpc) is 3.03. The zero-order valence-corrected chi connectivity index (χ0v) is 17.0. The summed E-state index contributed by atoms with van der Waals surface area (Å²) in [5.41, 5.74) is 2.61. The molecule has 27 heavy (non-hydrogen) atoms. The maximum atomic E-state index is 12.9. The number of aromatic nitrogens is 1. The van der Waals surface area contributed by atoms with Crippen LogP contribution < -0.4 is 10.6 Å². The molecule has 1 aliphatic rings. The Kier molecular flexibility index (Phi) is 6.26. The molecule has 1 aromatic heterocycles. The van der Waals surface area contributed by atoms with Crippen molar-refractivity contribution >= 4 is 28.3 Å². The number of aryl methyl sites for hydroxylation is 3. The number of hydrogen-bond acceptors (Lipinski definition) is 4. The monoisotopic (exact) mass is 385 g/mol. The van der Waals surface area contributed by atoms with E-state index in [9.17, 15) is 9.59 Å². The first-order valence-corrected chi connectivity index (χ1v) is 10.4. The summed E-state index contributed by atoms with van der Waals surface area (Å²) in [6.45, 7) is 5.98. The summed E-state index contributed by atoms with van der Waals surface area (Å²) in [6, 6.07) is 6.82. The molecule has 3 rings (SSSR count). The number of thiazole rings is 1. The van der Waals surface area contributed by atoms with Gasteiger partial charge in [-0.05, 0) is 56.6 Å². The largest absolute Gasteiger partial charge is 0.340 e. The highest BCUT2D eigenvalue weighted by Crippen LogP contribution is 2.29. The molecular formula is C21H27N3O2S. The molecule has 0 spiro atoms. The fourth-order valence-corrected chi connectivity index (χ4v) is 4.42. The summed E-state index contributed by atoms with van der Waals surface area (Å²) >= 11 is 1.56. The van der Waals surface area contributed by atoms with Crippen LogP contribution in [0, 0.1) is 12.8 Å². The molecule has 1 unspecified atom stereocenters. The van der Waals surface area contributed by atoms with E-state index in [1.54, 1.807) is 17.4 Å². The number of carbonyl (C=O) groups is 2. The van der Waals surface area contributed by atoms with Crippen LogP contribution >= 0.6 is 11.3 Å². The lowest BCUT2D eigenvalue weighted by molar-refractivity contribution is -0.118. The Balaban J connectivity index is 1.71. The van der Waals surface area contributed by atoms with Gasteiger partial charge in [0.1, 0.15) is 6.04 Å². The number of amides is 2. The van der Waals surface area contributed by atoms with Gasteiger partial charge in [0, 0.05) is 10.4 Å². The Hall–Kier alpha value is -2.21. The summed E-state index contributed by atoms with van der Waals surface area (Å²) in [5, 5.41) is 6.49. The Morgan fingerprint density at radius 3 is 2.63 bits per heavy atom. The summed E-state index contributed by atoms with van der Waals surface area (Å²) in [4.78, 5) is 31.4. The molecule has 1 aliphatic carbocycles. The van der Waals surface area contributed by atoms with Crippen molar-refractivity contribution in [2.24, 2.45) is 5.92 Å². The van der Waals surface area contributed by atoms with Crippen LogP contribution in [0.15, 0.2) is 24.3 Å². The number of carbonyl (C=O) groups excluding carboxylic acids is 2. The van der Waals surface area contributed by atoms with Crippen LogP contribution in [0.4, 0.5) is 5.13 Å². The second kappa shape index (κ2) is 8.65. The van der Waals surface area contributed by atoms with E-state index in [0.717, 1.165) is 30.5 Å². The van der Waals surface area contributed by atoms with Crippen LogP contribution in [0.2, 0.25) is 0 Å². The van der Waals surface area contributed by atoms with Crippen molar-refractivity contribution < 1.29 is 9.59 Å². The SMILES string of the molecule is Cc1ccccc1C(=O)NC(CC(C)C)C(=O)Nc1nc2c(s1)CCCC2. The molecule has 2 N–H and O–H groups in total. The van der Waals surface area contributed by atoms with Crippen molar-refractivity contribution in [1.82, 2.24) is 10.3 Å². The van der Waals surface area contributed by atoms with Crippen LogP contribution in [0.3, 0.4) is 0 Å². The maximum absolute atomic E-state index is 12.9. The molecule has 0 radical (unpaired) electrons. The van der Waals surface area contributed by atoms with E-state index in [-0.39, 0.29) is 17.7 Å². The Morgan fingerprint density at radius 2 is 1.93 bits per heavy atom. The van der Waals surface area contributed by atoms with E-state index in [2.05, 4.69) is 15.6 Å². The molecule has 144 valence electrons. The lowest BCUT2D eigenvalue weighted by atomic mass is 10.0. The minimum atomic E-state index is -0.585. The molecule has 5 nitrogen and oxygen atoms in total. The van der Waals surface area contributed by atoms with Crippen molar-refractivity contribution in [2.75, 3.05) is 5.32 Å². The van der Waals surface area contributed by atoms with E-state index in [4.69, 9.17) is 0 Å². The Morgan fingerprint density at radius 1 is 1.19 bits per heavy atom. The zero-order valence-electron chi connectivity index (χ0n) is 16.2. The first-order valence-electron chi connectivity index (χ1n) is 9.60. The third-order valence-electron chi connectivity index (χ3n) is 4.79. The number of benzene rings is 1. The highest BCUT2D eigenvalue weighted by atomic mass is 32.1. The zero-order chi connectivity index (χ0) is 19.4. The normalized spacial score (nSPS) is 14.5. The van der Waals surface area contributed by atoms with E-state index in [1.165, 1.54) is 11.3 Å². The van der Waals surface area contributed by atoms with Gasteiger partial charge >= 0.3 is 0 Å². The van der Waals surface area contributed by atoms with E-state index in [1.807, 2.05) is 39.0 Å². The van der Waals surface area contributed by atoms with Gasteiger partial charge in [0.25, 0.3) is 5.91 Å². The van der Waals surface area contributed by atoms with E-state index >= 15 is 0 Å². The van der Waals surface area contributed by atoms with Crippen LogP contribution in [0.25, 0.3) is 0 Å². The summed E-state index contributed by atoms with van der Waals surface area (Å²) in [5.74, 6) is -0.133. The third-order valence-corrected chi connectivity index (χ3v) is 5.87. The quantitative estimate of drug-likeness (QED) is 0.786. The summed E-state index contributed by atoms with van der Waals surface area (Å²) in [6.07, 6.45) is 4.95. The third kappa shape index (κ3) is 4.95. The molecule has 0 saturated carbocycles. The first kappa shape index (κ1) is 19.5. The topological polar surface area (TPSA) is 71.1 Å². The smallest absolute Gasteiger partial charge is 0.252 e. The second-order valence-electron chi connectivity index (χ2n) is 7.56. The van der Waals surface area contributed by atoms with Crippen LogP contribution in [0.1, 0.15) is 59.6 Å². The summed E-state index contributed by atoms with van der Waals surface area (Å²) in [7, 11) is 0. The van der Waals surface area contributed by atoms with Gasteiger partial charge in [-0.25, -0.2) is 4.98 Å². The van der Waals surface area contributed by atoms with Crippen molar-refractivity contribution in [3.63, 3.8) is 0 Å². The number of hydrogen-bond donors (Lipinski definition) is 2. The molecule has 2 amide bonds. The van der Waals surface area contributed by atoms with Crippen LogP contribution in [0.5, 0.6) is 0 Å². The molecule has 6 heteroatoms. The van der Waals surface area contributed by atoms with Crippen molar-refractivity contribution in [2.45, 2.75) is 58.9 Å². The highest BCUT2D eigenvalue weighted by molar-refractivity contribution is 7.15. The number of rotatable bonds is 6. The Bertz CT molecular complexity index is 805. The maximum Gasteiger partial charge on any atom is 0.252 e. The molecule has 0 bridgehead atoms. The van der Waals surface area contributed by atoms with E-state index < -0.39 is 6.04 Å². The molecule has 0 fully saturated rings. The van der Waals surface area contributed by atoms with Crippen LogP contribution in [-0.4, -0.2) is 22.8 Å². The lowest BCUT2D eigenvalue weighted by Crippen LogP contribution is -2.44. The van der Waals surface area contributed by atoms with Gasteiger partial charge in [0.15, 0.2) is 5.13 Å². The molecule has 1 heterocycles. The second-order valence-corrected chi connectivity index (χ2v) is 8.64. The van der Waals surface area contributed by atoms with Gasteiger partial charge < -0.3 is 10.6 Å². The van der Waals surface area contributed by atoms with Gasteiger partial charge in [-0.15, -0.1) is 11.3 Å². The highest BCUT2D eigenvalue weighted by Gasteiger charge is 2.25. The minimum absolute atomic E-state index is 0.197. The lowest BCUT2D eigenvalue weighted by Gasteiger charge is -2.20. The molecule has 0 saturated heterocycles. The Labute approximate surface area is 164 Å². The average molecular weight is 386 g/mol. The minimum Gasteiger partial charge on any atom is -0.340 e. The molecule has 1 aromatic carbocycles. The predicted octanol–water partition coefficient (Wildman–Crippen LogP) is 4.11. The molecule has 1 atom stereocenters. The fraction of sp³-hybridized carbons (Fsp3) is 0.476. The van der Waals surface area contributed by atoms with Gasteiger partial charge in [0.2, 0.25) is 5.91 Å². The van der Waals surface area contributed by atoms with Crippen molar-refractivity contribution in [1.29, 1.82) is 0 Å². The molecule has 0 aliphatic heterocycles. The van der Waals surface area contributed by atoms with E-state index in [0.29, 0.717) is 17.1 Å². The fourth-order valence-electron chi connectivity index (χ4n) is 3.36.